The minimum Gasteiger partial charge on any atom is -0.330 e. The minimum atomic E-state index is -0.533. The van der Waals surface area contributed by atoms with Crippen molar-refractivity contribution >= 4 is 40.2 Å². The third kappa shape index (κ3) is 4.47. The number of thioether (sulfide) groups is 1. The van der Waals surface area contributed by atoms with E-state index in [1.165, 1.54) is 11.8 Å². The molecule has 0 aliphatic carbocycles. The summed E-state index contributed by atoms with van der Waals surface area (Å²) >= 11 is 1.17. The van der Waals surface area contributed by atoms with Crippen LogP contribution in [0.2, 0.25) is 0 Å². The van der Waals surface area contributed by atoms with E-state index in [0.29, 0.717) is 34.7 Å². The maximum atomic E-state index is 13.1. The quantitative estimate of drug-likeness (QED) is 0.330. The van der Waals surface area contributed by atoms with Crippen molar-refractivity contribution in [3.63, 3.8) is 0 Å². The molecule has 0 bridgehead atoms. The predicted octanol–water partition coefficient (Wildman–Crippen LogP) is 3.44. The molecule has 3 heterocycles. The molecule has 2 aromatic heterocycles. The Morgan fingerprint density at radius 1 is 1.06 bits per heavy atom. The highest BCUT2D eigenvalue weighted by Crippen LogP contribution is 2.25. The second-order valence-corrected chi connectivity index (χ2v) is 8.98. The summed E-state index contributed by atoms with van der Waals surface area (Å²) in [6.07, 6.45) is 5.20. The van der Waals surface area contributed by atoms with Crippen LogP contribution >= 0.6 is 11.8 Å². The maximum Gasteiger partial charge on any atom is 0.259 e. The summed E-state index contributed by atoms with van der Waals surface area (Å²) in [5.74, 6) is -0.268. The van der Waals surface area contributed by atoms with Gasteiger partial charge in [0.05, 0.1) is 28.0 Å². The van der Waals surface area contributed by atoms with Gasteiger partial charge in [0.1, 0.15) is 6.04 Å². The number of hydrogen-bond donors (Lipinski definition) is 2. The third-order valence-corrected chi connectivity index (χ3v) is 6.70. The smallest absolute Gasteiger partial charge is 0.259 e. The van der Waals surface area contributed by atoms with E-state index in [4.69, 9.17) is 0 Å². The molecule has 1 saturated heterocycles. The highest BCUT2D eigenvalue weighted by atomic mass is 32.2. The topological polar surface area (TPSA) is 100 Å². The lowest BCUT2D eigenvalue weighted by Gasteiger charge is -2.24. The number of carbonyl (C=O) groups is 2. The molecule has 1 aliphatic rings. The van der Waals surface area contributed by atoms with E-state index < -0.39 is 6.04 Å². The molecule has 2 aromatic carbocycles. The number of para-hydroxylation sites is 3. The van der Waals surface area contributed by atoms with Crippen LogP contribution in [-0.4, -0.2) is 49.6 Å². The molecule has 9 heteroatoms. The summed E-state index contributed by atoms with van der Waals surface area (Å²) < 4.78 is 1.93. The van der Waals surface area contributed by atoms with Crippen molar-refractivity contribution in [2.24, 2.45) is 0 Å². The van der Waals surface area contributed by atoms with Gasteiger partial charge in [0, 0.05) is 18.9 Å². The molecule has 2 N–H and O–H groups in total. The van der Waals surface area contributed by atoms with Gasteiger partial charge >= 0.3 is 0 Å². The van der Waals surface area contributed by atoms with E-state index in [0.717, 1.165) is 12.1 Å². The van der Waals surface area contributed by atoms with Crippen LogP contribution in [0.5, 0.6) is 0 Å². The number of amides is 2. The number of likely N-dealkylation sites (tertiary alicyclic amines) is 1. The molecule has 2 amide bonds. The standard InChI is InChI=1S/C25H23N5O3S/c31-22(16-34-25-27-18-9-2-1-8-17(18)23(32)28-25)30-15-7-12-21(30)24(33)26-19-10-3-4-11-20(19)29-13-5-6-14-29/h1-6,8-11,13-14,21H,7,12,15-16H2,(H,26,33)(H,27,28,32)/t21-/m0/s1. The number of fused-ring (bicyclic) bond motifs is 1. The fourth-order valence-electron chi connectivity index (χ4n) is 4.20. The number of benzene rings is 2. The van der Waals surface area contributed by atoms with Crippen molar-refractivity contribution in [3.8, 4) is 5.69 Å². The molecule has 1 atom stereocenters. The number of nitrogens with zero attached hydrogens (tertiary/aromatic N) is 3. The monoisotopic (exact) mass is 473 g/mol. The largest absolute Gasteiger partial charge is 0.330 e. The van der Waals surface area contributed by atoms with Crippen LogP contribution < -0.4 is 10.9 Å². The molecular weight excluding hydrogens is 450 g/mol. The number of aromatic amines is 1. The fraction of sp³-hybridized carbons (Fsp3) is 0.200. The first-order valence-electron chi connectivity index (χ1n) is 11.0. The molecule has 1 fully saturated rings. The average molecular weight is 474 g/mol. The van der Waals surface area contributed by atoms with Gasteiger partial charge in [0.25, 0.3) is 5.56 Å². The van der Waals surface area contributed by atoms with Crippen molar-refractivity contribution in [1.29, 1.82) is 0 Å². The number of hydrogen-bond acceptors (Lipinski definition) is 5. The van der Waals surface area contributed by atoms with Gasteiger partial charge in [-0.3, -0.25) is 14.4 Å². The molecule has 0 unspecified atom stereocenters. The van der Waals surface area contributed by atoms with Gasteiger partial charge < -0.3 is 19.8 Å². The molecule has 0 spiro atoms. The molecule has 0 saturated carbocycles. The van der Waals surface area contributed by atoms with Gasteiger partial charge in [0.15, 0.2) is 5.16 Å². The molecule has 1 aliphatic heterocycles. The number of rotatable bonds is 6. The number of H-pyrrole nitrogens is 1. The lowest BCUT2D eigenvalue weighted by atomic mass is 10.2. The normalized spacial score (nSPS) is 15.5. The Morgan fingerprint density at radius 3 is 2.68 bits per heavy atom. The van der Waals surface area contributed by atoms with E-state index in [-0.39, 0.29) is 23.1 Å². The molecule has 34 heavy (non-hydrogen) atoms. The Kier molecular flexibility index (Phi) is 6.18. The van der Waals surface area contributed by atoms with Gasteiger partial charge in [-0.15, -0.1) is 0 Å². The van der Waals surface area contributed by atoms with E-state index in [9.17, 15) is 14.4 Å². The molecule has 8 nitrogen and oxygen atoms in total. The van der Waals surface area contributed by atoms with Crippen LogP contribution in [0.3, 0.4) is 0 Å². The van der Waals surface area contributed by atoms with Gasteiger partial charge in [-0.1, -0.05) is 36.0 Å². The summed E-state index contributed by atoms with van der Waals surface area (Å²) in [5, 5.41) is 3.90. The SMILES string of the molecule is O=C(Nc1ccccc1-n1cccc1)[C@@H]1CCCN1C(=O)CSc1nc2ccccc2c(=O)[nH]1. The van der Waals surface area contributed by atoms with E-state index in [2.05, 4.69) is 15.3 Å². The van der Waals surface area contributed by atoms with Crippen molar-refractivity contribution in [2.75, 3.05) is 17.6 Å². The van der Waals surface area contributed by atoms with Crippen molar-refractivity contribution in [2.45, 2.75) is 24.0 Å². The summed E-state index contributed by atoms with van der Waals surface area (Å²) in [6.45, 7) is 0.526. The van der Waals surface area contributed by atoms with Gasteiger partial charge in [-0.2, -0.15) is 0 Å². The van der Waals surface area contributed by atoms with E-state index in [1.54, 1.807) is 23.1 Å². The Bertz CT molecular complexity index is 1400. The highest BCUT2D eigenvalue weighted by Gasteiger charge is 2.34. The summed E-state index contributed by atoms with van der Waals surface area (Å²) in [6, 6.07) is 18.0. The molecular formula is C25H23N5O3S. The average Bonchev–Trinajstić information content (AvgIpc) is 3.56. The van der Waals surface area contributed by atoms with Crippen molar-refractivity contribution < 1.29 is 9.59 Å². The number of carbonyl (C=O) groups excluding carboxylic acids is 2. The van der Waals surface area contributed by atoms with Gasteiger partial charge in [-0.25, -0.2) is 4.98 Å². The van der Waals surface area contributed by atoms with E-state index >= 15 is 0 Å². The Balaban J connectivity index is 1.27. The molecule has 5 rings (SSSR count). The van der Waals surface area contributed by atoms with Crippen LogP contribution in [0.1, 0.15) is 12.8 Å². The number of aromatic nitrogens is 3. The van der Waals surface area contributed by atoms with Crippen molar-refractivity contribution in [1.82, 2.24) is 19.4 Å². The second-order valence-electron chi connectivity index (χ2n) is 8.02. The third-order valence-electron chi connectivity index (χ3n) is 5.84. The van der Waals surface area contributed by atoms with E-state index in [1.807, 2.05) is 59.4 Å². The summed E-state index contributed by atoms with van der Waals surface area (Å²) in [5.41, 5.74) is 1.90. The Morgan fingerprint density at radius 2 is 1.82 bits per heavy atom. The van der Waals surface area contributed by atoms with Crippen LogP contribution in [-0.2, 0) is 9.59 Å². The van der Waals surface area contributed by atoms with Crippen molar-refractivity contribution in [3.05, 3.63) is 83.4 Å². The van der Waals surface area contributed by atoms with Gasteiger partial charge in [0.2, 0.25) is 11.8 Å². The zero-order valence-electron chi connectivity index (χ0n) is 18.3. The number of nitrogens with one attached hydrogen (secondary N) is 2. The van der Waals surface area contributed by atoms with Crippen LogP contribution in [0.15, 0.2) is 83.0 Å². The fourth-order valence-corrected chi connectivity index (χ4v) is 4.95. The summed E-state index contributed by atoms with van der Waals surface area (Å²) in [4.78, 5) is 47.2. The highest BCUT2D eigenvalue weighted by molar-refractivity contribution is 7.99. The predicted molar refractivity (Wildman–Crippen MR) is 132 cm³/mol. The lowest BCUT2D eigenvalue weighted by molar-refractivity contribution is -0.134. The minimum absolute atomic E-state index is 0.0883. The summed E-state index contributed by atoms with van der Waals surface area (Å²) in [7, 11) is 0. The zero-order valence-corrected chi connectivity index (χ0v) is 19.1. The lowest BCUT2D eigenvalue weighted by Crippen LogP contribution is -2.44. The first-order chi connectivity index (χ1) is 16.6. The number of anilines is 1. The second kappa shape index (κ2) is 9.56. The maximum absolute atomic E-state index is 13.1. The molecule has 0 radical (unpaired) electrons. The molecule has 4 aromatic rings. The first-order valence-corrected chi connectivity index (χ1v) is 12.0. The van der Waals surface area contributed by atoms with Crippen LogP contribution in [0.4, 0.5) is 5.69 Å². The first kappa shape index (κ1) is 22.0. The van der Waals surface area contributed by atoms with Crippen LogP contribution in [0, 0.1) is 0 Å². The Hall–Kier alpha value is -3.85. The zero-order chi connectivity index (χ0) is 23.5. The van der Waals surface area contributed by atoms with Gasteiger partial charge in [-0.05, 0) is 49.2 Å². The molecule has 172 valence electrons. The Labute approximate surface area is 200 Å². The van der Waals surface area contributed by atoms with Crippen LogP contribution in [0.25, 0.3) is 16.6 Å².